The molecule has 3 heterocycles. The number of anilines is 1. The maximum absolute atomic E-state index is 12.4. The number of fused-ring (bicyclic) bond motifs is 1. The van der Waals surface area contributed by atoms with Crippen LogP contribution in [0.1, 0.15) is 46.7 Å². The number of nitrogens with two attached hydrogens (primary N) is 2. The van der Waals surface area contributed by atoms with Gasteiger partial charge in [0.1, 0.15) is 42.3 Å². The van der Waals surface area contributed by atoms with E-state index in [1.54, 1.807) is 32.9 Å². The zero-order valence-corrected chi connectivity index (χ0v) is 19.6. The fourth-order valence-electron chi connectivity index (χ4n) is 3.84. The fraction of sp³-hybridized carbons (Fsp3) is 0.636. The lowest BCUT2D eigenvalue weighted by atomic mass is 9.93. The number of hydrogen-bond acceptors (Lipinski definition) is 10. The van der Waals surface area contributed by atoms with Gasteiger partial charge in [0.2, 0.25) is 0 Å². The Bertz CT molecular complexity index is 1010. The van der Waals surface area contributed by atoms with Gasteiger partial charge in [0.25, 0.3) is 0 Å². The number of nitrogen functional groups attached to an aromatic ring is 1. The Balaban J connectivity index is 1.90. The van der Waals surface area contributed by atoms with Crippen LogP contribution >= 0.6 is 0 Å². The number of nitrogens with zero attached hydrogens (tertiary/aromatic N) is 3. The molecule has 11 heteroatoms. The first-order valence-corrected chi connectivity index (χ1v) is 11.0. The third kappa shape index (κ3) is 4.94. The minimum Gasteiger partial charge on any atom is -0.462 e. The number of carbonyl (C=O) groups excluding carboxylic acids is 2. The van der Waals surface area contributed by atoms with Crippen molar-refractivity contribution >= 4 is 23.3 Å². The van der Waals surface area contributed by atoms with Gasteiger partial charge in [0, 0.05) is 6.42 Å². The van der Waals surface area contributed by atoms with Gasteiger partial charge in [0.15, 0.2) is 11.9 Å². The predicted octanol–water partition coefficient (Wildman–Crippen LogP) is 0.771. The lowest BCUT2D eigenvalue weighted by Crippen LogP contribution is -2.43. The smallest absolute Gasteiger partial charge is 0.323 e. The highest BCUT2D eigenvalue weighted by atomic mass is 16.6. The standard InChI is InChI=1S/C22H33N5O6/c1-11(2)8-16(28)32-18-14(9-31-21(30)17(23)12(3)4)33-22(5,19(18)29)15-7-6-13-20(24)25-10-26-27(13)15/h6-7,10-12,14,17-19,29H,8-9,23H2,1-5H3,(H2,24,25,26)/t14-,17+,18-,19-,22+/m1/s1. The lowest BCUT2D eigenvalue weighted by Gasteiger charge is -2.27. The number of ether oxygens (including phenoxy) is 3. The summed E-state index contributed by atoms with van der Waals surface area (Å²) in [6.07, 6.45) is -1.81. The molecule has 1 fully saturated rings. The molecule has 5 N–H and O–H groups in total. The molecule has 3 rings (SSSR count). The van der Waals surface area contributed by atoms with Crippen LogP contribution in [0.5, 0.6) is 0 Å². The molecular weight excluding hydrogens is 430 g/mol. The maximum Gasteiger partial charge on any atom is 0.323 e. The normalized spacial score (nSPS) is 26.2. The summed E-state index contributed by atoms with van der Waals surface area (Å²) in [5.74, 6) is -0.866. The van der Waals surface area contributed by atoms with Crippen LogP contribution < -0.4 is 11.5 Å². The molecule has 0 amide bonds. The van der Waals surface area contributed by atoms with E-state index in [0.717, 1.165) is 0 Å². The molecule has 0 unspecified atom stereocenters. The summed E-state index contributed by atoms with van der Waals surface area (Å²) in [5.41, 5.74) is 11.5. The van der Waals surface area contributed by atoms with E-state index < -0.39 is 41.9 Å². The molecule has 1 saturated heterocycles. The number of carbonyl (C=O) groups is 2. The van der Waals surface area contributed by atoms with Gasteiger partial charge >= 0.3 is 11.9 Å². The predicted molar refractivity (Wildman–Crippen MR) is 119 cm³/mol. The number of esters is 2. The highest BCUT2D eigenvalue weighted by Crippen LogP contribution is 2.42. The van der Waals surface area contributed by atoms with E-state index in [1.807, 2.05) is 13.8 Å². The van der Waals surface area contributed by atoms with Gasteiger partial charge in [-0.1, -0.05) is 27.7 Å². The SMILES string of the molecule is CC(C)CC(=O)O[C@H]1[C@@H](O)[C@](C)(c2ccc3c(N)ncnn23)O[C@@H]1COC(=O)[C@@H](N)C(C)C. The van der Waals surface area contributed by atoms with Crippen molar-refractivity contribution in [2.24, 2.45) is 17.6 Å². The van der Waals surface area contributed by atoms with Gasteiger partial charge in [-0.3, -0.25) is 9.59 Å². The van der Waals surface area contributed by atoms with Crippen LogP contribution in [-0.4, -0.2) is 62.6 Å². The highest BCUT2D eigenvalue weighted by Gasteiger charge is 2.56. The Hall–Kier alpha value is -2.76. The van der Waals surface area contributed by atoms with E-state index >= 15 is 0 Å². The van der Waals surface area contributed by atoms with E-state index in [0.29, 0.717) is 11.2 Å². The maximum atomic E-state index is 12.4. The molecule has 0 aliphatic carbocycles. The first-order valence-electron chi connectivity index (χ1n) is 11.0. The van der Waals surface area contributed by atoms with Crippen LogP contribution in [0.3, 0.4) is 0 Å². The largest absolute Gasteiger partial charge is 0.462 e. The Morgan fingerprint density at radius 3 is 2.64 bits per heavy atom. The summed E-state index contributed by atoms with van der Waals surface area (Å²) in [4.78, 5) is 28.7. The van der Waals surface area contributed by atoms with Crippen LogP contribution in [0.4, 0.5) is 5.82 Å². The molecule has 0 saturated carbocycles. The summed E-state index contributed by atoms with van der Waals surface area (Å²) >= 11 is 0. The minimum atomic E-state index is -1.34. The summed E-state index contributed by atoms with van der Waals surface area (Å²) in [6, 6.07) is 2.61. The molecule has 1 aliphatic heterocycles. The van der Waals surface area contributed by atoms with Crippen molar-refractivity contribution in [3.05, 3.63) is 24.2 Å². The Labute approximate surface area is 192 Å². The molecule has 33 heavy (non-hydrogen) atoms. The molecule has 0 radical (unpaired) electrons. The number of aromatic nitrogens is 3. The Morgan fingerprint density at radius 1 is 1.30 bits per heavy atom. The molecule has 2 aromatic rings. The van der Waals surface area contributed by atoms with Crippen molar-refractivity contribution in [3.8, 4) is 0 Å². The lowest BCUT2D eigenvalue weighted by molar-refractivity contribution is -0.162. The van der Waals surface area contributed by atoms with Crippen LogP contribution in [-0.2, 0) is 29.4 Å². The summed E-state index contributed by atoms with van der Waals surface area (Å²) in [5, 5.41) is 15.5. The molecule has 0 bridgehead atoms. The fourth-order valence-corrected chi connectivity index (χ4v) is 3.84. The van der Waals surface area contributed by atoms with E-state index in [2.05, 4.69) is 10.1 Å². The van der Waals surface area contributed by atoms with Gasteiger partial charge in [-0.25, -0.2) is 9.50 Å². The van der Waals surface area contributed by atoms with Crippen LogP contribution in [0.25, 0.3) is 5.52 Å². The average molecular weight is 464 g/mol. The number of hydrogen-bond donors (Lipinski definition) is 3. The Kier molecular flexibility index (Phi) is 7.25. The van der Waals surface area contributed by atoms with E-state index in [1.165, 1.54) is 10.8 Å². The first kappa shape index (κ1) is 24.9. The van der Waals surface area contributed by atoms with Crippen molar-refractivity contribution in [2.75, 3.05) is 12.3 Å². The van der Waals surface area contributed by atoms with E-state index in [4.69, 9.17) is 25.7 Å². The third-order valence-corrected chi connectivity index (χ3v) is 5.85. The van der Waals surface area contributed by atoms with Gasteiger partial charge < -0.3 is 30.8 Å². The van der Waals surface area contributed by atoms with Crippen LogP contribution in [0.15, 0.2) is 18.5 Å². The Morgan fingerprint density at radius 2 is 2.00 bits per heavy atom. The van der Waals surface area contributed by atoms with Crippen LogP contribution in [0, 0.1) is 11.8 Å². The van der Waals surface area contributed by atoms with E-state index in [-0.39, 0.29) is 30.7 Å². The van der Waals surface area contributed by atoms with Crippen molar-refractivity contribution in [3.63, 3.8) is 0 Å². The van der Waals surface area contributed by atoms with Crippen molar-refractivity contribution in [1.82, 2.24) is 14.6 Å². The monoisotopic (exact) mass is 463 g/mol. The topological polar surface area (TPSA) is 164 Å². The molecule has 1 aliphatic rings. The average Bonchev–Trinajstić information content (AvgIpc) is 3.28. The molecule has 5 atom stereocenters. The van der Waals surface area contributed by atoms with Crippen molar-refractivity contribution < 1.29 is 28.9 Å². The zero-order valence-electron chi connectivity index (χ0n) is 19.6. The zero-order chi connectivity index (χ0) is 24.5. The molecule has 2 aromatic heterocycles. The second-order valence-corrected chi connectivity index (χ2v) is 9.32. The molecule has 0 spiro atoms. The van der Waals surface area contributed by atoms with Crippen molar-refractivity contribution in [2.45, 2.75) is 71.0 Å². The minimum absolute atomic E-state index is 0.0675. The summed E-state index contributed by atoms with van der Waals surface area (Å²) in [6.45, 7) is 8.79. The molecule has 11 nitrogen and oxygen atoms in total. The quantitative estimate of drug-likeness (QED) is 0.476. The number of aliphatic hydroxyl groups is 1. The number of rotatable bonds is 8. The third-order valence-electron chi connectivity index (χ3n) is 5.85. The molecular formula is C22H33N5O6. The molecule has 0 aromatic carbocycles. The van der Waals surface area contributed by atoms with Gasteiger partial charge in [-0.15, -0.1) is 0 Å². The highest BCUT2D eigenvalue weighted by molar-refractivity contribution is 5.75. The first-order chi connectivity index (χ1) is 15.5. The second-order valence-electron chi connectivity index (χ2n) is 9.32. The van der Waals surface area contributed by atoms with E-state index in [9.17, 15) is 14.7 Å². The van der Waals surface area contributed by atoms with Crippen molar-refractivity contribution in [1.29, 1.82) is 0 Å². The van der Waals surface area contributed by atoms with Gasteiger partial charge in [-0.05, 0) is 30.9 Å². The molecule has 182 valence electrons. The summed E-state index contributed by atoms with van der Waals surface area (Å²) < 4.78 is 18.7. The van der Waals surface area contributed by atoms with Gasteiger partial charge in [-0.2, -0.15) is 5.10 Å². The summed E-state index contributed by atoms with van der Waals surface area (Å²) in [7, 11) is 0. The van der Waals surface area contributed by atoms with Crippen LogP contribution in [0.2, 0.25) is 0 Å². The number of aliphatic hydroxyl groups excluding tert-OH is 1. The second kappa shape index (κ2) is 9.62. The van der Waals surface area contributed by atoms with Gasteiger partial charge in [0.05, 0.1) is 5.69 Å².